The maximum absolute atomic E-state index is 13.1. The number of carbonyl (C=O) groups is 2. The van der Waals surface area contributed by atoms with Crippen molar-refractivity contribution in [2.24, 2.45) is 0 Å². The fourth-order valence-corrected chi connectivity index (χ4v) is 2.61. The van der Waals surface area contributed by atoms with E-state index in [0.717, 1.165) is 0 Å². The van der Waals surface area contributed by atoms with E-state index in [1.165, 1.54) is 18.4 Å². The SMILES string of the molecule is O=C(NCc1cccc(F)c1)N1CCN(C(=O)c2ccco2)CC1. The van der Waals surface area contributed by atoms with Crippen molar-refractivity contribution >= 4 is 11.9 Å². The number of amides is 3. The van der Waals surface area contributed by atoms with Crippen LogP contribution in [0.25, 0.3) is 0 Å². The lowest BCUT2D eigenvalue weighted by Crippen LogP contribution is -2.53. The number of rotatable bonds is 3. The summed E-state index contributed by atoms with van der Waals surface area (Å²) in [5.74, 6) is -0.189. The van der Waals surface area contributed by atoms with E-state index in [1.807, 2.05) is 0 Å². The average Bonchev–Trinajstić information content (AvgIpc) is 3.14. The summed E-state index contributed by atoms with van der Waals surface area (Å²) in [6, 6.07) is 9.19. The topological polar surface area (TPSA) is 65.8 Å². The van der Waals surface area contributed by atoms with Crippen LogP contribution in [-0.2, 0) is 6.54 Å². The molecule has 0 atom stereocenters. The summed E-state index contributed by atoms with van der Waals surface area (Å²) >= 11 is 0. The standard InChI is InChI=1S/C17H18FN3O3/c18-14-4-1-3-13(11-14)12-19-17(23)21-8-6-20(7-9-21)16(22)15-5-2-10-24-15/h1-5,10-11H,6-9,12H2,(H,19,23). The van der Waals surface area contributed by atoms with E-state index in [-0.39, 0.29) is 24.3 Å². The Kier molecular flexibility index (Phi) is 4.79. The maximum atomic E-state index is 13.1. The fraction of sp³-hybridized carbons (Fsp3) is 0.294. The molecule has 6 nitrogen and oxygen atoms in total. The van der Waals surface area contributed by atoms with Gasteiger partial charge in [0, 0.05) is 32.7 Å². The molecule has 0 saturated carbocycles. The highest BCUT2D eigenvalue weighted by molar-refractivity contribution is 5.91. The number of benzene rings is 1. The highest BCUT2D eigenvalue weighted by Crippen LogP contribution is 2.10. The van der Waals surface area contributed by atoms with Gasteiger partial charge in [-0.3, -0.25) is 4.79 Å². The molecule has 2 heterocycles. The lowest BCUT2D eigenvalue weighted by atomic mass is 10.2. The van der Waals surface area contributed by atoms with Crippen LogP contribution in [0.3, 0.4) is 0 Å². The summed E-state index contributed by atoms with van der Waals surface area (Å²) in [5.41, 5.74) is 0.704. The molecule has 0 spiro atoms. The zero-order valence-electron chi connectivity index (χ0n) is 13.1. The third kappa shape index (κ3) is 3.73. The molecule has 3 rings (SSSR count). The molecule has 1 aromatic carbocycles. The molecule has 0 radical (unpaired) electrons. The Labute approximate surface area is 138 Å². The molecule has 0 aliphatic carbocycles. The molecule has 0 unspecified atom stereocenters. The zero-order chi connectivity index (χ0) is 16.9. The van der Waals surface area contributed by atoms with Crippen molar-refractivity contribution in [1.82, 2.24) is 15.1 Å². The number of hydrogen-bond acceptors (Lipinski definition) is 3. The first-order valence-electron chi connectivity index (χ1n) is 7.73. The van der Waals surface area contributed by atoms with Crippen LogP contribution in [-0.4, -0.2) is 47.9 Å². The van der Waals surface area contributed by atoms with Crippen LogP contribution in [0.1, 0.15) is 16.1 Å². The smallest absolute Gasteiger partial charge is 0.317 e. The van der Waals surface area contributed by atoms with Crippen LogP contribution < -0.4 is 5.32 Å². The molecular weight excluding hydrogens is 313 g/mol. The third-order valence-electron chi connectivity index (χ3n) is 3.92. The summed E-state index contributed by atoms with van der Waals surface area (Å²) in [4.78, 5) is 27.6. The van der Waals surface area contributed by atoms with Gasteiger partial charge in [-0.05, 0) is 29.8 Å². The molecule has 1 aromatic heterocycles. The summed E-state index contributed by atoms with van der Waals surface area (Å²) < 4.78 is 18.2. The van der Waals surface area contributed by atoms with E-state index < -0.39 is 0 Å². The summed E-state index contributed by atoms with van der Waals surface area (Å²) in [5, 5.41) is 2.77. The van der Waals surface area contributed by atoms with Gasteiger partial charge in [0.1, 0.15) is 5.82 Å². The minimum absolute atomic E-state index is 0.167. The van der Waals surface area contributed by atoms with E-state index in [1.54, 1.807) is 34.1 Å². The number of halogens is 1. The van der Waals surface area contributed by atoms with Crippen molar-refractivity contribution in [1.29, 1.82) is 0 Å². The molecule has 1 saturated heterocycles. The Morgan fingerprint density at radius 3 is 2.50 bits per heavy atom. The number of nitrogens with one attached hydrogen (secondary N) is 1. The third-order valence-corrected chi connectivity index (χ3v) is 3.92. The number of furan rings is 1. The van der Waals surface area contributed by atoms with E-state index in [4.69, 9.17) is 4.42 Å². The highest BCUT2D eigenvalue weighted by atomic mass is 19.1. The summed E-state index contributed by atoms with van der Waals surface area (Å²) in [7, 11) is 0. The monoisotopic (exact) mass is 331 g/mol. The van der Waals surface area contributed by atoms with E-state index in [9.17, 15) is 14.0 Å². The Hall–Kier alpha value is -2.83. The lowest BCUT2D eigenvalue weighted by molar-refractivity contribution is 0.0634. The predicted octanol–water partition coefficient (Wildman–Crippen LogP) is 2.09. The first-order chi connectivity index (χ1) is 11.6. The number of urea groups is 1. The second-order valence-corrected chi connectivity index (χ2v) is 5.55. The molecule has 1 aliphatic rings. The molecule has 7 heteroatoms. The number of hydrogen-bond donors (Lipinski definition) is 1. The molecular formula is C17H18FN3O3. The zero-order valence-corrected chi connectivity index (χ0v) is 13.1. The molecule has 2 aromatic rings. The molecule has 3 amide bonds. The largest absolute Gasteiger partial charge is 0.459 e. The van der Waals surface area contributed by atoms with Crippen molar-refractivity contribution in [2.75, 3.05) is 26.2 Å². The summed E-state index contributed by atoms with van der Waals surface area (Å²) in [6.07, 6.45) is 1.46. The number of nitrogens with zero attached hydrogens (tertiary/aromatic N) is 2. The molecule has 0 bridgehead atoms. The second kappa shape index (κ2) is 7.16. The van der Waals surface area contributed by atoms with E-state index >= 15 is 0 Å². The Balaban J connectivity index is 1.47. The normalized spacial score (nSPS) is 14.5. The van der Waals surface area contributed by atoms with Gasteiger partial charge in [0.25, 0.3) is 5.91 Å². The Morgan fingerprint density at radius 2 is 1.83 bits per heavy atom. The minimum atomic E-state index is -0.327. The van der Waals surface area contributed by atoms with E-state index in [2.05, 4.69) is 5.32 Å². The first kappa shape index (κ1) is 16.0. The van der Waals surface area contributed by atoms with Crippen LogP contribution in [0.4, 0.5) is 9.18 Å². The quantitative estimate of drug-likeness (QED) is 0.936. The van der Waals surface area contributed by atoms with Gasteiger partial charge >= 0.3 is 6.03 Å². The molecule has 1 N–H and O–H groups in total. The Morgan fingerprint density at radius 1 is 1.08 bits per heavy atom. The van der Waals surface area contributed by atoms with Gasteiger partial charge in [0.15, 0.2) is 5.76 Å². The van der Waals surface area contributed by atoms with Crippen LogP contribution >= 0.6 is 0 Å². The Bertz CT molecular complexity index is 710. The van der Waals surface area contributed by atoms with Crippen molar-refractivity contribution in [3.8, 4) is 0 Å². The van der Waals surface area contributed by atoms with Crippen molar-refractivity contribution in [3.05, 3.63) is 59.8 Å². The van der Waals surface area contributed by atoms with Crippen molar-refractivity contribution in [3.63, 3.8) is 0 Å². The van der Waals surface area contributed by atoms with Crippen LogP contribution in [0.2, 0.25) is 0 Å². The first-order valence-corrected chi connectivity index (χ1v) is 7.73. The van der Waals surface area contributed by atoms with Crippen LogP contribution in [0.5, 0.6) is 0 Å². The fourth-order valence-electron chi connectivity index (χ4n) is 2.61. The van der Waals surface area contributed by atoms with Gasteiger partial charge in [-0.1, -0.05) is 12.1 Å². The average molecular weight is 331 g/mol. The molecule has 24 heavy (non-hydrogen) atoms. The highest BCUT2D eigenvalue weighted by Gasteiger charge is 2.25. The molecule has 1 aliphatic heterocycles. The van der Waals surface area contributed by atoms with Gasteiger partial charge in [0.2, 0.25) is 0 Å². The number of carbonyl (C=O) groups excluding carboxylic acids is 2. The van der Waals surface area contributed by atoms with Gasteiger partial charge < -0.3 is 19.5 Å². The van der Waals surface area contributed by atoms with Crippen LogP contribution in [0.15, 0.2) is 47.1 Å². The van der Waals surface area contributed by atoms with Gasteiger partial charge in [-0.2, -0.15) is 0 Å². The van der Waals surface area contributed by atoms with Gasteiger partial charge in [-0.25, -0.2) is 9.18 Å². The lowest BCUT2D eigenvalue weighted by Gasteiger charge is -2.34. The maximum Gasteiger partial charge on any atom is 0.317 e. The number of piperazine rings is 1. The molecule has 1 fully saturated rings. The minimum Gasteiger partial charge on any atom is -0.459 e. The van der Waals surface area contributed by atoms with Crippen LogP contribution in [0, 0.1) is 5.82 Å². The van der Waals surface area contributed by atoms with Gasteiger partial charge in [-0.15, -0.1) is 0 Å². The van der Waals surface area contributed by atoms with Crippen molar-refractivity contribution in [2.45, 2.75) is 6.54 Å². The predicted molar refractivity (Wildman–Crippen MR) is 84.8 cm³/mol. The van der Waals surface area contributed by atoms with Crippen molar-refractivity contribution < 1.29 is 18.4 Å². The second-order valence-electron chi connectivity index (χ2n) is 5.55. The molecule has 126 valence electrons. The van der Waals surface area contributed by atoms with Gasteiger partial charge in [0.05, 0.1) is 6.26 Å². The van der Waals surface area contributed by atoms with E-state index in [0.29, 0.717) is 37.5 Å². The summed E-state index contributed by atoms with van der Waals surface area (Å²) in [6.45, 7) is 2.06.